The summed E-state index contributed by atoms with van der Waals surface area (Å²) in [5.74, 6) is 0. The monoisotopic (exact) mass is 282 g/mol. The summed E-state index contributed by atoms with van der Waals surface area (Å²) >= 11 is 0. The smallest absolute Gasteiger partial charge is 0.0613 e. The molecule has 0 amide bonds. The zero-order chi connectivity index (χ0) is 14.0. The fraction of sp³-hybridized carbons (Fsp3) is 1.00. The van der Waals surface area contributed by atoms with E-state index in [1.54, 1.807) is 0 Å². The highest BCUT2D eigenvalue weighted by Gasteiger charge is 2.41. The summed E-state index contributed by atoms with van der Waals surface area (Å²) in [5.41, 5.74) is -0.0104. The van der Waals surface area contributed by atoms with Crippen molar-refractivity contribution in [3.05, 3.63) is 0 Å². The first-order valence-electron chi connectivity index (χ1n) is 8.41. The minimum absolute atomic E-state index is 0.0104. The number of nitrogens with one attached hydrogen (secondary N) is 1. The Labute approximate surface area is 122 Å². The summed E-state index contributed by atoms with van der Waals surface area (Å²) in [4.78, 5) is 2.58. The van der Waals surface area contributed by atoms with Crippen molar-refractivity contribution >= 4 is 0 Å². The highest BCUT2D eigenvalue weighted by molar-refractivity contribution is 5.01. The van der Waals surface area contributed by atoms with E-state index >= 15 is 0 Å². The summed E-state index contributed by atoms with van der Waals surface area (Å²) in [6.07, 6.45) is 9.67. The van der Waals surface area contributed by atoms with Crippen LogP contribution in [0.1, 0.15) is 51.4 Å². The first-order chi connectivity index (χ1) is 9.72. The number of aliphatic hydroxyl groups excluding tert-OH is 1. The number of hydrogen-bond acceptors (Lipinski definition) is 4. The molecule has 0 bridgehead atoms. The summed E-state index contributed by atoms with van der Waals surface area (Å²) < 4.78 is 5.48. The van der Waals surface area contributed by atoms with Crippen molar-refractivity contribution in [2.24, 2.45) is 0 Å². The van der Waals surface area contributed by atoms with Crippen LogP contribution in [-0.4, -0.2) is 60.5 Å². The maximum atomic E-state index is 9.93. The van der Waals surface area contributed by atoms with Gasteiger partial charge in [0.05, 0.1) is 6.61 Å². The third-order valence-electron chi connectivity index (χ3n) is 5.55. The standard InChI is InChI=1S/C16H30N2O2/c1-18(14-6-9-20-10-7-14)15-3-2-8-16(11-15,12-19)17-13-4-5-13/h13-15,17,19H,2-12H2,1H3. The minimum Gasteiger partial charge on any atom is -0.394 e. The maximum Gasteiger partial charge on any atom is 0.0613 e. The van der Waals surface area contributed by atoms with Gasteiger partial charge in [-0.05, 0) is 58.4 Å². The topological polar surface area (TPSA) is 44.7 Å². The van der Waals surface area contributed by atoms with Crippen molar-refractivity contribution in [3.63, 3.8) is 0 Å². The number of nitrogens with zero attached hydrogens (tertiary/aromatic N) is 1. The van der Waals surface area contributed by atoms with Crippen LogP contribution >= 0.6 is 0 Å². The van der Waals surface area contributed by atoms with Crippen molar-refractivity contribution in [1.82, 2.24) is 10.2 Å². The van der Waals surface area contributed by atoms with Crippen LogP contribution in [0.15, 0.2) is 0 Å². The van der Waals surface area contributed by atoms with Crippen molar-refractivity contribution in [2.75, 3.05) is 26.9 Å². The Bertz CT molecular complexity index is 316. The molecule has 2 atom stereocenters. The second-order valence-corrected chi connectivity index (χ2v) is 7.12. The third kappa shape index (κ3) is 3.35. The molecular formula is C16H30N2O2. The number of ether oxygens (including phenoxy) is 1. The van der Waals surface area contributed by atoms with Gasteiger partial charge < -0.3 is 20.1 Å². The van der Waals surface area contributed by atoms with Crippen LogP contribution in [0.5, 0.6) is 0 Å². The fourth-order valence-corrected chi connectivity index (χ4v) is 4.05. The summed E-state index contributed by atoms with van der Waals surface area (Å²) in [6.45, 7) is 2.11. The van der Waals surface area contributed by atoms with E-state index < -0.39 is 0 Å². The zero-order valence-electron chi connectivity index (χ0n) is 12.8. The van der Waals surface area contributed by atoms with E-state index in [-0.39, 0.29) is 5.54 Å². The van der Waals surface area contributed by atoms with E-state index in [2.05, 4.69) is 17.3 Å². The minimum atomic E-state index is -0.0104. The Balaban J connectivity index is 1.60. The van der Waals surface area contributed by atoms with Gasteiger partial charge in [0.1, 0.15) is 0 Å². The molecule has 2 saturated carbocycles. The van der Waals surface area contributed by atoms with Gasteiger partial charge in [0.15, 0.2) is 0 Å². The largest absolute Gasteiger partial charge is 0.394 e. The van der Waals surface area contributed by atoms with Gasteiger partial charge in [-0.1, -0.05) is 0 Å². The maximum absolute atomic E-state index is 9.93. The molecule has 0 aromatic carbocycles. The van der Waals surface area contributed by atoms with Gasteiger partial charge >= 0.3 is 0 Å². The molecule has 20 heavy (non-hydrogen) atoms. The molecule has 2 unspecified atom stereocenters. The normalized spacial score (nSPS) is 36.5. The Morgan fingerprint density at radius 1 is 1.15 bits per heavy atom. The molecule has 3 aliphatic rings. The fourth-order valence-electron chi connectivity index (χ4n) is 4.05. The average Bonchev–Trinajstić information content (AvgIpc) is 3.31. The lowest BCUT2D eigenvalue weighted by Gasteiger charge is -2.46. The van der Waals surface area contributed by atoms with E-state index in [4.69, 9.17) is 4.74 Å². The average molecular weight is 282 g/mol. The van der Waals surface area contributed by atoms with Crippen LogP contribution in [0.2, 0.25) is 0 Å². The second kappa shape index (κ2) is 6.30. The van der Waals surface area contributed by atoms with Gasteiger partial charge in [0, 0.05) is 36.9 Å². The highest BCUT2D eigenvalue weighted by Crippen LogP contribution is 2.35. The molecule has 1 saturated heterocycles. The Kier molecular flexibility index (Phi) is 4.65. The lowest BCUT2D eigenvalue weighted by atomic mass is 9.78. The van der Waals surface area contributed by atoms with Crippen molar-refractivity contribution in [3.8, 4) is 0 Å². The van der Waals surface area contributed by atoms with E-state index in [1.165, 1.54) is 25.7 Å². The van der Waals surface area contributed by atoms with E-state index in [9.17, 15) is 5.11 Å². The number of aliphatic hydroxyl groups is 1. The molecule has 1 heterocycles. The van der Waals surface area contributed by atoms with Crippen LogP contribution < -0.4 is 5.32 Å². The first kappa shape index (κ1) is 14.8. The molecule has 0 spiro atoms. The quantitative estimate of drug-likeness (QED) is 0.802. The molecule has 3 fully saturated rings. The Morgan fingerprint density at radius 2 is 1.90 bits per heavy atom. The first-order valence-corrected chi connectivity index (χ1v) is 8.41. The summed E-state index contributed by atoms with van der Waals surface area (Å²) in [6, 6.07) is 1.96. The molecule has 2 N–H and O–H groups in total. The molecule has 4 nitrogen and oxygen atoms in total. The molecule has 0 radical (unpaired) electrons. The van der Waals surface area contributed by atoms with Crippen LogP contribution in [0, 0.1) is 0 Å². The van der Waals surface area contributed by atoms with Crippen molar-refractivity contribution in [2.45, 2.75) is 75.0 Å². The van der Waals surface area contributed by atoms with E-state index in [0.29, 0.717) is 24.7 Å². The van der Waals surface area contributed by atoms with Crippen LogP contribution in [0.3, 0.4) is 0 Å². The second-order valence-electron chi connectivity index (χ2n) is 7.12. The van der Waals surface area contributed by atoms with Crippen LogP contribution in [0.25, 0.3) is 0 Å². The zero-order valence-corrected chi connectivity index (χ0v) is 12.8. The number of rotatable bonds is 5. The molecule has 1 aliphatic heterocycles. The molecule has 0 aromatic heterocycles. The Hall–Kier alpha value is -0.160. The van der Waals surface area contributed by atoms with Crippen LogP contribution in [-0.2, 0) is 4.74 Å². The van der Waals surface area contributed by atoms with E-state index in [0.717, 1.165) is 38.9 Å². The Morgan fingerprint density at radius 3 is 2.55 bits per heavy atom. The SMILES string of the molecule is CN(C1CCOCC1)C1CCCC(CO)(NC2CC2)C1. The number of hydrogen-bond donors (Lipinski definition) is 2. The third-order valence-corrected chi connectivity index (χ3v) is 5.55. The molecule has 116 valence electrons. The molecule has 3 rings (SSSR count). The highest BCUT2D eigenvalue weighted by atomic mass is 16.5. The predicted octanol–water partition coefficient (Wildman–Crippen LogP) is 1.52. The van der Waals surface area contributed by atoms with Crippen molar-refractivity contribution in [1.29, 1.82) is 0 Å². The van der Waals surface area contributed by atoms with Gasteiger partial charge in [0.2, 0.25) is 0 Å². The summed E-state index contributed by atoms with van der Waals surface area (Å²) in [5, 5.41) is 13.7. The van der Waals surface area contributed by atoms with Gasteiger partial charge in [0.25, 0.3) is 0 Å². The predicted molar refractivity (Wildman–Crippen MR) is 79.8 cm³/mol. The van der Waals surface area contributed by atoms with Gasteiger partial charge in [-0.25, -0.2) is 0 Å². The molecule has 4 heteroatoms. The van der Waals surface area contributed by atoms with Gasteiger partial charge in [-0.15, -0.1) is 0 Å². The molecular weight excluding hydrogens is 252 g/mol. The lowest BCUT2D eigenvalue weighted by molar-refractivity contribution is 0.00339. The van der Waals surface area contributed by atoms with Gasteiger partial charge in [-0.2, -0.15) is 0 Å². The molecule has 0 aromatic rings. The lowest BCUT2D eigenvalue weighted by Crippen LogP contribution is -2.57. The van der Waals surface area contributed by atoms with Crippen molar-refractivity contribution < 1.29 is 9.84 Å². The van der Waals surface area contributed by atoms with E-state index in [1.807, 2.05) is 0 Å². The summed E-state index contributed by atoms with van der Waals surface area (Å²) in [7, 11) is 2.28. The van der Waals surface area contributed by atoms with Gasteiger partial charge in [-0.3, -0.25) is 0 Å². The molecule has 2 aliphatic carbocycles. The van der Waals surface area contributed by atoms with Crippen LogP contribution in [0.4, 0.5) is 0 Å².